The molecular weight excluding hydrogens is 404 g/mol. The van der Waals surface area contributed by atoms with Crippen LogP contribution in [-0.4, -0.2) is 33.2 Å². The fourth-order valence-electron chi connectivity index (χ4n) is 3.23. The molecule has 0 saturated carbocycles. The van der Waals surface area contributed by atoms with Gasteiger partial charge in [0, 0.05) is 42.9 Å². The van der Waals surface area contributed by atoms with E-state index in [-0.39, 0.29) is 6.61 Å². The topological polar surface area (TPSA) is 70.9 Å². The van der Waals surface area contributed by atoms with Gasteiger partial charge in [0.15, 0.2) is 5.82 Å². The molecule has 2 N–H and O–H groups in total. The Kier molecular flexibility index (Phi) is 7.22. The predicted octanol–water partition coefficient (Wildman–Crippen LogP) is 4.92. The molecule has 0 amide bonds. The molecule has 4 aromatic rings. The molecule has 0 saturated heterocycles. The fourth-order valence-corrected chi connectivity index (χ4v) is 4.13. The summed E-state index contributed by atoms with van der Waals surface area (Å²) in [6.07, 6.45) is 6.88. The van der Waals surface area contributed by atoms with Crippen molar-refractivity contribution in [3.8, 4) is 23.2 Å². The highest BCUT2D eigenvalue weighted by molar-refractivity contribution is 7.18. The number of pyridine rings is 1. The van der Waals surface area contributed by atoms with Crippen molar-refractivity contribution in [1.82, 2.24) is 15.0 Å². The van der Waals surface area contributed by atoms with E-state index in [1.54, 1.807) is 23.7 Å². The van der Waals surface area contributed by atoms with Gasteiger partial charge in [0.25, 0.3) is 0 Å². The molecule has 0 aliphatic carbocycles. The number of hydrogen-bond acceptors (Lipinski definition) is 6. The summed E-state index contributed by atoms with van der Waals surface area (Å²) in [6, 6.07) is 14.3. The molecule has 5 nitrogen and oxygen atoms in total. The lowest BCUT2D eigenvalue weighted by Gasteiger charge is -2.09. The van der Waals surface area contributed by atoms with Crippen molar-refractivity contribution in [3.05, 3.63) is 71.4 Å². The first kappa shape index (κ1) is 21.0. The first-order chi connectivity index (χ1) is 15.3. The van der Waals surface area contributed by atoms with Gasteiger partial charge < -0.3 is 10.4 Å². The van der Waals surface area contributed by atoms with Crippen LogP contribution in [0.3, 0.4) is 0 Å². The minimum absolute atomic E-state index is 0.157. The number of rotatable bonds is 8. The van der Waals surface area contributed by atoms with E-state index in [0.717, 1.165) is 46.5 Å². The average molecular weight is 429 g/mol. The summed E-state index contributed by atoms with van der Waals surface area (Å²) in [7, 11) is 0. The summed E-state index contributed by atoms with van der Waals surface area (Å²) in [5.74, 6) is 7.86. The predicted molar refractivity (Wildman–Crippen MR) is 127 cm³/mol. The molecule has 0 aliphatic heterocycles. The first-order valence-corrected chi connectivity index (χ1v) is 11.3. The van der Waals surface area contributed by atoms with Gasteiger partial charge in [-0.2, -0.15) is 0 Å². The zero-order valence-corrected chi connectivity index (χ0v) is 18.0. The number of aryl methyl sites for hydroxylation is 1. The second-order valence-electron chi connectivity index (χ2n) is 7.10. The van der Waals surface area contributed by atoms with Gasteiger partial charge in [0.05, 0.1) is 10.3 Å². The van der Waals surface area contributed by atoms with Crippen molar-refractivity contribution in [2.24, 2.45) is 0 Å². The van der Waals surface area contributed by atoms with E-state index >= 15 is 0 Å². The second-order valence-corrected chi connectivity index (χ2v) is 7.98. The molecule has 0 fully saturated rings. The van der Waals surface area contributed by atoms with Crippen molar-refractivity contribution in [2.45, 2.75) is 25.7 Å². The Morgan fingerprint density at radius 1 is 1.00 bits per heavy atom. The van der Waals surface area contributed by atoms with Gasteiger partial charge in [-0.25, -0.2) is 9.97 Å². The van der Waals surface area contributed by atoms with Crippen molar-refractivity contribution >= 4 is 27.4 Å². The number of anilines is 1. The lowest BCUT2D eigenvalue weighted by molar-refractivity contribution is 0.290. The van der Waals surface area contributed by atoms with Crippen LogP contribution in [0.2, 0.25) is 0 Å². The highest BCUT2D eigenvalue weighted by atomic mass is 32.1. The van der Waals surface area contributed by atoms with Crippen LogP contribution >= 0.6 is 11.3 Å². The molecular formula is C25H24N4OS. The van der Waals surface area contributed by atoms with Crippen LogP contribution in [0.5, 0.6) is 0 Å². The Labute approximate surface area is 186 Å². The molecule has 1 aromatic carbocycles. The van der Waals surface area contributed by atoms with Crippen LogP contribution in [0, 0.1) is 11.8 Å². The van der Waals surface area contributed by atoms with Crippen LogP contribution in [0.4, 0.5) is 5.82 Å². The Balaban J connectivity index is 1.59. The van der Waals surface area contributed by atoms with E-state index in [4.69, 9.17) is 15.1 Å². The number of nitrogens with zero attached hydrogens (tertiary/aromatic N) is 3. The second kappa shape index (κ2) is 10.7. The SMILES string of the molecule is OCCCC#Cc1csc2c(NCCCc3ccccc3)nc(-c3ccncc3)nc12. The van der Waals surface area contributed by atoms with Gasteiger partial charge >= 0.3 is 0 Å². The summed E-state index contributed by atoms with van der Waals surface area (Å²) < 4.78 is 1.02. The van der Waals surface area contributed by atoms with Crippen molar-refractivity contribution in [2.75, 3.05) is 18.5 Å². The maximum atomic E-state index is 8.97. The van der Waals surface area contributed by atoms with Gasteiger partial charge in [0.2, 0.25) is 0 Å². The zero-order chi connectivity index (χ0) is 21.3. The normalized spacial score (nSPS) is 10.6. The van der Waals surface area contributed by atoms with Crippen molar-refractivity contribution in [3.63, 3.8) is 0 Å². The number of thiophene rings is 1. The van der Waals surface area contributed by atoms with E-state index in [0.29, 0.717) is 18.7 Å². The van der Waals surface area contributed by atoms with Gasteiger partial charge in [-0.1, -0.05) is 42.2 Å². The Bertz CT molecular complexity index is 1180. The molecule has 31 heavy (non-hydrogen) atoms. The minimum Gasteiger partial charge on any atom is -0.396 e. The number of aliphatic hydroxyl groups is 1. The van der Waals surface area contributed by atoms with Crippen LogP contribution in [-0.2, 0) is 6.42 Å². The molecule has 0 spiro atoms. The minimum atomic E-state index is 0.157. The van der Waals surface area contributed by atoms with Crippen LogP contribution in [0.15, 0.2) is 60.2 Å². The van der Waals surface area contributed by atoms with Crippen molar-refractivity contribution in [1.29, 1.82) is 0 Å². The number of aliphatic hydroxyl groups excluding tert-OH is 1. The largest absolute Gasteiger partial charge is 0.396 e. The third-order valence-corrected chi connectivity index (χ3v) is 5.79. The lowest BCUT2D eigenvalue weighted by Crippen LogP contribution is -2.06. The number of unbranched alkanes of at least 4 members (excludes halogenated alkanes) is 1. The summed E-state index contributed by atoms with van der Waals surface area (Å²) in [5, 5.41) is 14.5. The summed E-state index contributed by atoms with van der Waals surface area (Å²) in [6.45, 7) is 0.983. The van der Waals surface area contributed by atoms with Crippen LogP contribution < -0.4 is 5.32 Å². The molecule has 6 heteroatoms. The fraction of sp³-hybridized carbons (Fsp3) is 0.240. The third kappa shape index (κ3) is 5.46. The Morgan fingerprint density at radius 2 is 1.84 bits per heavy atom. The van der Waals surface area contributed by atoms with Gasteiger partial charge in [-0.3, -0.25) is 4.98 Å². The lowest BCUT2D eigenvalue weighted by atomic mass is 10.1. The quantitative estimate of drug-likeness (QED) is 0.308. The highest BCUT2D eigenvalue weighted by Crippen LogP contribution is 2.32. The molecule has 0 radical (unpaired) electrons. The van der Waals surface area contributed by atoms with Crippen LogP contribution in [0.25, 0.3) is 21.6 Å². The van der Waals surface area contributed by atoms with Gasteiger partial charge in [-0.15, -0.1) is 11.3 Å². The van der Waals surface area contributed by atoms with E-state index in [1.807, 2.05) is 23.6 Å². The number of hydrogen-bond donors (Lipinski definition) is 2. The summed E-state index contributed by atoms with van der Waals surface area (Å²) in [5.41, 5.74) is 4.04. The summed E-state index contributed by atoms with van der Waals surface area (Å²) in [4.78, 5) is 13.7. The molecule has 0 bridgehead atoms. The molecule has 0 atom stereocenters. The maximum Gasteiger partial charge on any atom is 0.162 e. The average Bonchev–Trinajstić information content (AvgIpc) is 3.24. The molecule has 4 rings (SSSR count). The van der Waals surface area contributed by atoms with E-state index in [2.05, 4.69) is 46.4 Å². The standard InChI is InChI=1S/C25H24N4OS/c30-17-6-2-5-11-21-18-31-23-22(21)28-24(20-12-15-26-16-13-20)29-25(23)27-14-7-10-19-8-3-1-4-9-19/h1,3-4,8-9,12-13,15-16,18,30H,2,6-7,10,14,17H2,(H,27,28,29). The summed E-state index contributed by atoms with van der Waals surface area (Å²) >= 11 is 1.61. The highest BCUT2D eigenvalue weighted by Gasteiger charge is 2.14. The number of nitrogens with one attached hydrogen (secondary N) is 1. The number of fused-ring (bicyclic) bond motifs is 1. The first-order valence-electron chi connectivity index (χ1n) is 10.4. The molecule has 3 aromatic heterocycles. The Hall–Kier alpha value is -3.27. The van der Waals surface area contributed by atoms with E-state index < -0.39 is 0 Å². The molecule has 0 aliphatic rings. The third-order valence-electron chi connectivity index (χ3n) is 4.81. The smallest absolute Gasteiger partial charge is 0.162 e. The zero-order valence-electron chi connectivity index (χ0n) is 17.2. The van der Waals surface area contributed by atoms with Gasteiger partial charge in [-0.05, 0) is 37.0 Å². The van der Waals surface area contributed by atoms with E-state index in [9.17, 15) is 0 Å². The van der Waals surface area contributed by atoms with E-state index in [1.165, 1.54) is 5.56 Å². The monoisotopic (exact) mass is 428 g/mol. The van der Waals surface area contributed by atoms with Gasteiger partial charge in [0.1, 0.15) is 11.3 Å². The number of aromatic nitrogens is 3. The molecule has 0 unspecified atom stereocenters. The number of benzene rings is 1. The molecule has 3 heterocycles. The Morgan fingerprint density at radius 3 is 2.65 bits per heavy atom. The molecule has 156 valence electrons. The van der Waals surface area contributed by atoms with Crippen molar-refractivity contribution < 1.29 is 5.11 Å². The maximum absolute atomic E-state index is 8.97. The van der Waals surface area contributed by atoms with Crippen LogP contribution in [0.1, 0.15) is 30.4 Å².